The molecule has 1 fully saturated rings. The first-order valence-corrected chi connectivity index (χ1v) is 10.2. The largest absolute Gasteiger partial charge is 0.497 e. The Balaban J connectivity index is 1.25. The summed E-state index contributed by atoms with van der Waals surface area (Å²) in [5, 5.41) is 6.61. The van der Waals surface area contributed by atoms with Crippen molar-refractivity contribution < 1.29 is 19.1 Å². The van der Waals surface area contributed by atoms with Gasteiger partial charge in [-0.2, -0.15) is 0 Å². The monoisotopic (exact) mass is 420 g/mol. The topological polar surface area (TPSA) is 92.7 Å². The number of carbonyl (C=O) groups is 3. The molecule has 1 atom stereocenters. The van der Waals surface area contributed by atoms with Crippen LogP contribution >= 0.6 is 0 Å². The summed E-state index contributed by atoms with van der Waals surface area (Å²) in [7, 11) is 1.64. The van der Waals surface area contributed by atoms with E-state index in [9.17, 15) is 14.4 Å². The Bertz CT molecular complexity index is 1110. The fourth-order valence-corrected chi connectivity index (χ4v) is 3.73. The molecule has 8 heteroatoms. The molecule has 4 rings (SSSR count). The van der Waals surface area contributed by atoms with Crippen molar-refractivity contribution in [2.24, 2.45) is 0 Å². The minimum absolute atomic E-state index is 0.154. The van der Waals surface area contributed by atoms with Crippen molar-refractivity contribution >= 4 is 34.4 Å². The maximum absolute atomic E-state index is 12.6. The molecule has 1 aromatic heterocycles. The highest BCUT2D eigenvalue weighted by Gasteiger charge is 2.38. The van der Waals surface area contributed by atoms with Gasteiger partial charge < -0.3 is 19.9 Å². The summed E-state index contributed by atoms with van der Waals surface area (Å²) in [6, 6.07) is 15.5. The van der Waals surface area contributed by atoms with Crippen LogP contribution in [0.25, 0.3) is 10.9 Å². The zero-order valence-electron chi connectivity index (χ0n) is 17.2. The van der Waals surface area contributed by atoms with Gasteiger partial charge in [-0.3, -0.25) is 9.59 Å². The second-order valence-electron chi connectivity index (χ2n) is 7.33. The maximum atomic E-state index is 12.6. The van der Waals surface area contributed by atoms with Crippen LogP contribution in [0.1, 0.15) is 12.8 Å². The highest BCUT2D eigenvalue weighted by atomic mass is 16.5. The molecule has 2 heterocycles. The minimum Gasteiger partial charge on any atom is -0.497 e. The lowest BCUT2D eigenvalue weighted by atomic mass is 10.1. The Morgan fingerprint density at radius 3 is 2.71 bits per heavy atom. The van der Waals surface area contributed by atoms with Crippen molar-refractivity contribution in [2.75, 3.05) is 18.6 Å². The van der Waals surface area contributed by atoms with Gasteiger partial charge in [0.05, 0.1) is 12.8 Å². The number of benzene rings is 2. The van der Waals surface area contributed by atoms with E-state index >= 15 is 0 Å². The summed E-state index contributed by atoms with van der Waals surface area (Å²) in [4.78, 5) is 38.1. The molecule has 2 N–H and O–H groups in total. The molecule has 0 radical (unpaired) electrons. The third-order valence-electron chi connectivity index (χ3n) is 5.35. The van der Waals surface area contributed by atoms with Crippen LogP contribution in [0.5, 0.6) is 5.75 Å². The van der Waals surface area contributed by atoms with E-state index in [1.54, 1.807) is 31.4 Å². The minimum atomic E-state index is -0.693. The fourth-order valence-electron chi connectivity index (χ4n) is 3.73. The number of imide groups is 1. The third-order valence-corrected chi connectivity index (χ3v) is 5.35. The molecule has 160 valence electrons. The number of fused-ring (bicyclic) bond motifs is 1. The third kappa shape index (κ3) is 4.37. The molecular formula is C23H24N4O4. The number of carbonyl (C=O) groups excluding carboxylic acids is 3. The van der Waals surface area contributed by atoms with Crippen molar-refractivity contribution in [3.63, 3.8) is 0 Å². The highest BCUT2D eigenvalue weighted by Crippen LogP contribution is 2.22. The normalized spacial score (nSPS) is 15.9. The number of methoxy groups -OCH3 is 1. The molecule has 8 nitrogen and oxygen atoms in total. The van der Waals surface area contributed by atoms with Gasteiger partial charge in [0.1, 0.15) is 11.8 Å². The van der Waals surface area contributed by atoms with Crippen molar-refractivity contribution in [3.05, 3.63) is 60.8 Å². The van der Waals surface area contributed by atoms with E-state index in [-0.39, 0.29) is 24.7 Å². The molecule has 1 saturated heterocycles. The molecule has 3 aromatic rings. The van der Waals surface area contributed by atoms with E-state index in [0.717, 1.165) is 21.6 Å². The lowest BCUT2D eigenvalue weighted by Crippen LogP contribution is -2.33. The van der Waals surface area contributed by atoms with E-state index < -0.39 is 12.1 Å². The van der Waals surface area contributed by atoms with Gasteiger partial charge in [-0.05, 0) is 42.8 Å². The van der Waals surface area contributed by atoms with Gasteiger partial charge in [-0.15, -0.1) is 0 Å². The van der Waals surface area contributed by atoms with Crippen LogP contribution in [0.3, 0.4) is 0 Å². The van der Waals surface area contributed by atoms with Crippen molar-refractivity contribution in [1.82, 2.24) is 15.2 Å². The van der Waals surface area contributed by atoms with Crippen LogP contribution in [0, 0.1) is 0 Å². The van der Waals surface area contributed by atoms with Crippen LogP contribution in [0.15, 0.2) is 60.8 Å². The van der Waals surface area contributed by atoms with Gasteiger partial charge in [0.15, 0.2) is 0 Å². The number of aromatic nitrogens is 1. The molecule has 1 aliphatic rings. The van der Waals surface area contributed by atoms with Gasteiger partial charge in [-0.25, -0.2) is 9.69 Å². The first kappa shape index (κ1) is 20.5. The summed E-state index contributed by atoms with van der Waals surface area (Å²) < 4.78 is 7.30. The second kappa shape index (κ2) is 8.91. The number of nitrogens with one attached hydrogen (secondary N) is 2. The molecule has 4 amide bonds. The number of amides is 4. The molecule has 0 saturated carbocycles. The van der Waals surface area contributed by atoms with E-state index in [2.05, 4.69) is 15.2 Å². The number of ether oxygens (including phenoxy) is 1. The fraction of sp³-hybridized carbons (Fsp3) is 0.261. The number of hydrogen-bond donors (Lipinski definition) is 2. The molecule has 0 spiro atoms. The van der Waals surface area contributed by atoms with Crippen LogP contribution in [-0.2, 0) is 16.1 Å². The zero-order valence-corrected chi connectivity index (χ0v) is 17.2. The van der Waals surface area contributed by atoms with E-state index in [0.29, 0.717) is 18.8 Å². The first-order valence-electron chi connectivity index (χ1n) is 10.2. The standard InChI is InChI=1S/C23H24N4O4/c1-31-18-7-9-20-16(15-18)11-13-26(20)14-12-24-21(28)10-8-19-22(29)27(23(30)25-19)17-5-3-2-4-6-17/h2-7,9,11,13,15,19H,8,10,12,14H2,1H3,(H,24,28)(H,25,30)/t19-/m0/s1. The number of hydrogen-bond acceptors (Lipinski definition) is 4. The maximum Gasteiger partial charge on any atom is 0.329 e. The molecule has 0 unspecified atom stereocenters. The Morgan fingerprint density at radius 2 is 1.94 bits per heavy atom. The number of para-hydroxylation sites is 1. The van der Waals surface area contributed by atoms with E-state index in [1.165, 1.54) is 0 Å². The first-order chi connectivity index (χ1) is 15.1. The predicted molar refractivity (Wildman–Crippen MR) is 117 cm³/mol. The average molecular weight is 420 g/mol. The van der Waals surface area contributed by atoms with Crippen LogP contribution < -0.4 is 20.3 Å². The van der Waals surface area contributed by atoms with Crippen LogP contribution in [0.2, 0.25) is 0 Å². The van der Waals surface area contributed by atoms with Crippen molar-refractivity contribution in [1.29, 1.82) is 0 Å². The van der Waals surface area contributed by atoms with Crippen molar-refractivity contribution in [3.8, 4) is 5.75 Å². The lowest BCUT2D eigenvalue weighted by molar-refractivity contribution is -0.121. The van der Waals surface area contributed by atoms with Gasteiger partial charge in [-0.1, -0.05) is 18.2 Å². The highest BCUT2D eigenvalue weighted by molar-refractivity contribution is 6.21. The van der Waals surface area contributed by atoms with Gasteiger partial charge in [0, 0.05) is 36.6 Å². The molecule has 0 bridgehead atoms. The Morgan fingerprint density at radius 1 is 1.13 bits per heavy atom. The Hall–Kier alpha value is -3.81. The molecule has 2 aromatic carbocycles. The second-order valence-corrected chi connectivity index (χ2v) is 7.33. The Labute approximate surface area is 179 Å². The van der Waals surface area contributed by atoms with Crippen molar-refractivity contribution in [2.45, 2.75) is 25.4 Å². The van der Waals surface area contributed by atoms with Gasteiger partial charge >= 0.3 is 6.03 Å². The number of rotatable bonds is 8. The molecule has 0 aliphatic carbocycles. The molecule has 1 aliphatic heterocycles. The van der Waals surface area contributed by atoms with E-state index in [4.69, 9.17) is 4.74 Å². The quantitative estimate of drug-likeness (QED) is 0.548. The molecular weight excluding hydrogens is 396 g/mol. The Kier molecular flexibility index (Phi) is 5.88. The number of nitrogens with zero attached hydrogens (tertiary/aromatic N) is 2. The van der Waals surface area contributed by atoms with Crippen LogP contribution in [-0.4, -0.2) is 42.1 Å². The molecule has 31 heavy (non-hydrogen) atoms. The average Bonchev–Trinajstić information content (AvgIpc) is 3.32. The lowest BCUT2D eigenvalue weighted by Gasteiger charge is -2.12. The van der Waals surface area contributed by atoms with Gasteiger partial charge in [0.25, 0.3) is 5.91 Å². The summed E-state index contributed by atoms with van der Waals surface area (Å²) in [5.41, 5.74) is 1.59. The smallest absolute Gasteiger partial charge is 0.329 e. The SMILES string of the molecule is COc1ccc2c(ccn2CCNC(=O)CC[C@@H]2NC(=O)N(c3ccccc3)C2=O)c1. The predicted octanol–water partition coefficient (Wildman–Crippen LogP) is 2.67. The van der Waals surface area contributed by atoms with Gasteiger partial charge in [0.2, 0.25) is 5.91 Å². The summed E-state index contributed by atoms with van der Waals surface area (Å²) >= 11 is 0. The zero-order chi connectivity index (χ0) is 21.8. The van der Waals surface area contributed by atoms with E-state index in [1.807, 2.05) is 36.5 Å². The number of urea groups is 1. The number of anilines is 1. The summed E-state index contributed by atoms with van der Waals surface area (Å²) in [5.74, 6) is 0.314. The summed E-state index contributed by atoms with van der Waals surface area (Å²) in [6.07, 6.45) is 2.39. The summed E-state index contributed by atoms with van der Waals surface area (Å²) in [6.45, 7) is 1.10. The van der Waals surface area contributed by atoms with Crippen LogP contribution in [0.4, 0.5) is 10.5 Å².